The van der Waals surface area contributed by atoms with Crippen molar-refractivity contribution in [3.63, 3.8) is 0 Å². The predicted molar refractivity (Wildman–Crippen MR) is 36.6 cm³/mol. The second-order valence-electron chi connectivity index (χ2n) is 1.87. The van der Waals surface area contributed by atoms with Crippen LogP contribution in [0.5, 0.6) is 0 Å². The van der Waals surface area contributed by atoms with Crippen molar-refractivity contribution in [2.45, 2.75) is 6.42 Å². The first kappa shape index (κ1) is 6.08. The van der Waals surface area contributed by atoms with Crippen LogP contribution < -0.4 is 0 Å². The molecule has 1 rings (SSSR count). The molecule has 48 valence electrons. The van der Waals surface area contributed by atoms with E-state index in [9.17, 15) is 0 Å². The van der Waals surface area contributed by atoms with Gasteiger partial charge in [-0.15, -0.1) is 0 Å². The molecule has 9 heavy (non-hydrogen) atoms. The fourth-order valence-electron chi connectivity index (χ4n) is 0.681. The summed E-state index contributed by atoms with van der Waals surface area (Å²) in [6.07, 6.45) is 6.13. The van der Waals surface area contributed by atoms with E-state index in [0.29, 0.717) is 12.1 Å². The summed E-state index contributed by atoms with van der Waals surface area (Å²) in [6, 6.07) is 0. The van der Waals surface area contributed by atoms with Crippen LogP contribution in [0.3, 0.4) is 0 Å². The molecule has 0 heterocycles. The minimum atomic E-state index is 0.635. The zero-order chi connectivity index (χ0) is 6.69. The summed E-state index contributed by atoms with van der Waals surface area (Å²) >= 11 is 0. The van der Waals surface area contributed by atoms with Crippen LogP contribution in [0, 0.1) is 5.41 Å². The summed E-state index contributed by atoms with van der Waals surface area (Å²) in [4.78, 5) is 0. The van der Waals surface area contributed by atoms with Gasteiger partial charge in [-0.2, -0.15) is 0 Å². The van der Waals surface area contributed by atoms with Gasteiger partial charge in [0.15, 0.2) is 0 Å². The lowest BCUT2D eigenvalue weighted by molar-refractivity contribution is 0.305. The monoisotopic (exact) mass is 123 g/mol. The van der Waals surface area contributed by atoms with Crippen molar-refractivity contribution in [1.29, 1.82) is 5.41 Å². The Morgan fingerprint density at radius 2 is 2.33 bits per heavy atom. The Labute approximate surface area is 54.3 Å². The SMILES string of the molecule is COC1=CCC(=N)C=C1. The molecule has 2 nitrogen and oxygen atoms in total. The Bertz CT molecular complexity index is 179. The molecular weight excluding hydrogens is 114 g/mol. The van der Waals surface area contributed by atoms with Gasteiger partial charge in [-0.25, -0.2) is 0 Å². The zero-order valence-corrected chi connectivity index (χ0v) is 5.35. The van der Waals surface area contributed by atoms with E-state index in [2.05, 4.69) is 0 Å². The topological polar surface area (TPSA) is 33.1 Å². The molecule has 0 aromatic carbocycles. The van der Waals surface area contributed by atoms with E-state index >= 15 is 0 Å². The first-order valence-electron chi connectivity index (χ1n) is 2.82. The summed E-state index contributed by atoms with van der Waals surface area (Å²) in [5.74, 6) is 0.853. The quantitative estimate of drug-likeness (QED) is 0.563. The zero-order valence-electron chi connectivity index (χ0n) is 5.35. The van der Waals surface area contributed by atoms with Crippen molar-refractivity contribution in [1.82, 2.24) is 0 Å². The van der Waals surface area contributed by atoms with Gasteiger partial charge in [-0.3, -0.25) is 0 Å². The third-order valence-electron chi connectivity index (χ3n) is 1.21. The highest BCUT2D eigenvalue weighted by molar-refractivity contribution is 5.94. The lowest BCUT2D eigenvalue weighted by atomic mass is 10.1. The van der Waals surface area contributed by atoms with Crippen molar-refractivity contribution in [3.8, 4) is 0 Å². The number of nitrogens with one attached hydrogen (secondary N) is 1. The molecule has 0 saturated heterocycles. The van der Waals surface area contributed by atoms with Crippen molar-refractivity contribution in [3.05, 3.63) is 24.0 Å². The Balaban J connectivity index is 2.63. The summed E-state index contributed by atoms with van der Waals surface area (Å²) in [6.45, 7) is 0. The Morgan fingerprint density at radius 3 is 2.78 bits per heavy atom. The van der Waals surface area contributed by atoms with Gasteiger partial charge in [0.2, 0.25) is 0 Å². The standard InChI is InChI=1S/C7H9NO/c1-9-7-4-2-6(8)3-5-7/h2,4-5,8H,3H2,1H3. The van der Waals surface area contributed by atoms with Crippen LogP contribution in [-0.4, -0.2) is 12.8 Å². The second kappa shape index (κ2) is 2.49. The van der Waals surface area contributed by atoms with Gasteiger partial charge >= 0.3 is 0 Å². The van der Waals surface area contributed by atoms with Gasteiger partial charge in [0.05, 0.1) is 7.11 Å². The first-order valence-corrected chi connectivity index (χ1v) is 2.82. The molecule has 0 saturated carbocycles. The molecule has 0 amide bonds. The average molecular weight is 123 g/mol. The van der Waals surface area contributed by atoms with Crippen LogP contribution in [0.4, 0.5) is 0 Å². The lowest BCUT2D eigenvalue weighted by Gasteiger charge is -2.04. The minimum Gasteiger partial charge on any atom is -0.497 e. The van der Waals surface area contributed by atoms with Crippen LogP contribution in [0.1, 0.15) is 6.42 Å². The van der Waals surface area contributed by atoms with Gasteiger partial charge in [0, 0.05) is 12.1 Å². The number of hydrogen-bond donors (Lipinski definition) is 1. The molecular formula is C7H9NO. The van der Waals surface area contributed by atoms with Gasteiger partial charge < -0.3 is 10.1 Å². The van der Waals surface area contributed by atoms with Crippen LogP contribution in [0.25, 0.3) is 0 Å². The molecule has 0 spiro atoms. The van der Waals surface area contributed by atoms with Gasteiger partial charge in [0.1, 0.15) is 5.76 Å². The molecule has 0 fully saturated rings. The summed E-state index contributed by atoms with van der Waals surface area (Å²) in [5, 5.41) is 7.17. The van der Waals surface area contributed by atoms with E-state index in [0.717, 1.165) is 5.76 Å². The summed E-state index contributed by atoms with van der Waals surface area (Å²) in [7, 11) is 1.63. The van der Waals surface area contributed by atoms with Crippen LogP contribution in [0.2, 0.25) is 0 Å². The molecule has 0 radical (unpaired) electrons. The summed E-state index contributed by atoms with van der Waals surface area (Å²) < 4.78 is 4.92. The molecule has 1 aliphatic carbocycles. The maximum atomic E-state index is 7.17. The lowest BCUT2D eigenvalue weighted by Crippen LogP contribution is -1.96. The number of hydrogen-bond acceptors (Lipinski definition) is 2. The molecule has 0 aromatic heterocycles. The number of ether oxygens (including phenoxy) is 1. The molecule has 0 bridgehead atoms. The molecule has 0 atom stereocenters. The highest BCUT2D eigenvalue weighted by Crippen LogP contribution is 2.06. The van der Waals surface area contributed by atoms with Crippen molar-refractivity contribution < 1.29 is 4.74 Å². The predicted octanol–water partition coefficient (Wildman–Crippen LogP) is 1.50. The third-order valence-corrected chi connectivity index (χ3v) is 1.21. The van der Waals surface area contributed by atoms with E-state index in [1.807, 2.05) is 6.08 Å². The van der Waals surface area contributed by atoms with Crippen LogP contribution >= 0.6 is 0 Å². The van der Waals surface area contributed by atoms with Crippen LogP contribution in [0.15, 0.2) is 24.0 Å². The fraction of sp³-hybridized carbons (Fsp3) is 0.286. The maximum absolute atomic E-state index is 7.17. The molecule has 0 unspecified atom stereocenters. The van der Waals surface area contributed by atoms with Crippen molar-refractivity contribution in [2.24, 2.45) is 0 Å². The second-order valence-corrected chi connectivity index (χ2v) is 1.87. The van der Waals surface area contributed by atoms with E-state index < -0.39 is 0 Å². The van der Waals surface area contributed by atoms with E-state index in [1.165, 1.54) is 0 Å². The maximum Gasteiger partial charge on any atom is 0.115 e. The van der Waals surface area contributed by atoms with E-state index in [4.69, 9.17) is 10.1 Å². The van der Waals surface area contributed by atoms with Gasteiger partial charge in [-0.05, 0) is 18.2 Å². The molecule has 1 aliphatic rings. The van der Waals surface area contributed by atoms with Crippen molar-refractivity contribution in [2.75, 3.05) is 7.11 Å². The Morgan fingerprint density at radius 1 is 1.56 bits per heavy atom. The number of methoxy groups -OCH3 is 1. The molecule has 0 aliphatic heterocycles. The Kier molecular flexibility index (Phi) is 1.68. The molecule has 0 aromatic rings. The number of allylic oxidation sites excluding steroid dienone is 3. The van der Waals surface area contributed by atoms with Crippen molar-refractivity contribution >= 4 is 5.71 Å². The largest absolute Gasteiger partial charge is 0.497 e. The summed E-state index contributed by atoms with van der Waals surface area (Å²) in [5.41, 5.74) is 0.635. The van der Waals surface area contributed by atoms with Gasteiger partial charge in [0.25, 0.3) is 0 Å². The fourth-order valence-corrected chi connectivity index (χ4v) is 0.681. The Hall–Kier alpha value is -1.05. The van der Waals surface area contributed by atoms with E-state index in [-0.39, 0.29) is 0 Å². The molecule has 2 heteroatoms. The average Bonchev–Trinajstić information content (AvgIpc) is 1.90. The highest BCUT2D eigenvalue weighted by atomic mass is 16.5. The third kappa shape index (κ3) is 1.42. The molecule has 1 N–H and O–H groups in total. The number of rotatable bonds is 1. The normalized spacial score (nSPS) is 17.4. The smallest absolute Gasteiger partial charge is 0.115 e. The van der Waals surface area contributed by atoms with Crippen LogP contribution in [-0.2, 0) is 4.74 Å². The van der Waals surface area contributed by atoms with Gasteiger partial charge in [-0.1, -0.05) is 0 Å². The van der Waals surface area contributed by atoms with E-state index in [1.54, 1.807) is 19.3 Å². The highest BCUT2D eigenvalue weighted by Gasteiger charge is 1.97. The minimum absolute atomic E-state index is 0.635. The first-order chi connectivity index (χ1) is 4.33.